The van der Waals surface area contributed by atoms with Crippen molar-refractivity contribution in [2.24, 2.45) is 0 Å². The summed E-state index contributed by atoms with van der Waals surface area (Å²) in [5.41, 5.74) is 1.64. The van der Waals surface area contributed by atoms with E-state index in [1.807, 2.05) is 12.1 Å². The maximum atomic E-state index is 8.74. The van der Waals surface area contributed by atoms with Gasteiger partial charge in [0.25, 0.3) is 0 Å². The first kappa shape index (κ1) is 11.7. The van der Waals surface area contributed by atoms with Crippen molar-refractivity contribution in [3.05, 3.63) is 29.6 Å². The predicted octanol–water partition coefficient (Wildman–Crippen LogP) is 2.18. The Morgan fingerprint density at radius 3 is 2.80 bits per heavy atom. The summed E-state index contributed by atoms with van der Waals surface area (Å²) < 4.78 is 0. The molecule has 0 atom stereocenters. The molecule has 0 fully saturated rings. The second kappa shape index (κ2) is 5.47. The Morgan fingerprint density at radius 2 is 2.27 bits per heavy atom. The molecule has 1 heterocycles. The van der Waals surface area contributed by atoms with Gasteiger partial charge >= 0.3 is 0 Å². The predicted molar refractivity (Wildman–Crippen MR) is 60.2 cm³/mol. The van der Waals surface area contributed by atoms with Crippen molar-refractivity contribution in [1.29, 1.82) is 5.26 Å². The molecule has 1 rings (SSSR count). The molecule has 0 unspecified atom stereocenters. The first-order chi connectivity index (χ1) is 7.17. The van der Waals surface area contributed by atoms with Gasteiger partial charge < -0.3 is 0 Å². The van der Waals surface area contributed by atoms with Crippen LogP contribution in [0.15, 0.2) is 18.3 Å². The molecule has 0 aromatic carbocycles. The Bertz CT molecular complexity index is 352. The van der Waals surface area contributed by atoms with Crippen molar-refractivity contribution in [3.8, 4) is 6.07 Å². The molecule has 0 aliphatic carbocycles. The van der Waals surface area contributed by atoms with Crippen LogP contribution in [0.1, 0.15) is 32.0 Å². The molecule has 3 heteroatoms. The van der Waals surface area contributed by atoms with Crippen LogP contribution in [0.25, 0.3) is 0 Å². The number of pyridine rings is 1. The zero-order chi connectivity index (χ0) is 11.3. The van der Waals surface area contributed by atoms with E-state index in [2.05, 4.69) is 36.7 Å². The summed E-state index contributed by atoms with van der Waals surface area (Å²) in [6.07, 6.45) is 1.70. The lowest BCUT2D eigenvalue weighted by atomic mass is 10.2. The fourth-order valence-corrected chi connectivity index (χ4v) is 1.53. The third kappa shape index (κ3) is 3.34. The van der Waals surface area contributed by atoms with Gasteiger partial charge in [-0.3, -0.25) is 4.90 Å². The monoisotopic (exact) mass is 203 g/mol. The van der Waals surface area contributed by atoms with Crippen LogP contribution in [0, 0.1) is 11.3 Å². The maximum absolute atomic E-state index is 8.74. The maximum Gasteiger partial charge on any atom is 0.140 e. The second-order valence-electron chi connectivity index (χ2n) is 3.82. The third-order valence-electron chi connectivity index (χ3n) is 2.46. The van der Waals surface area contributed by atoms with Gasteiger partial charge in [0, 0.05) is 18.8 Å². The topological polar surface area (TPSA) is 39.9 Å². The molecule has 80 valence electrons. The van der Waals surface area contributed by atoms with E-state index in [4.69, 9.17) is 5.26 Å². The van der Waals surface area contributed by atoms with Crippen molar-refractivity contribution in [2.75, 3.05) is 6.54 Å². The Balaban J connectivity index is 2.75. The fraction of sp³-hybridized carbons (Fsp3) is 0.500. The summed E-state index contributed by atoms with van der Waals surface area (Å²) in [4.78, 5) is 6.30. The van der Waals surface area contributed by atoms with Gasteiger partial charge in [-0.25, -0.2) is 4.98 Å². The van der Waals surface area contributed by atoms with Crippen molar-refractivity contribution in [1.82, 2.24) is 9.88 Å². The SMILES string of the molecule is CCN(Cc1ccnc(C#N)c1)C(C)C. The van der Waals surface area contributed by atoms with Crippen molar-refractivity contribution >= 4 is 0 Å². The highest BCUT2D eigenvalue weighted by Gasteiger charge is 2.07. The second-order valence-corrected chi connectivity index (χ2v) is 3.82. The average Bonchev–Trinajstić information content (AvgIpc) is 2.25. The molecule has 0 radical (unpaired) electrons. The number of rotatable bonds is 4. The third-order valence-corrected chi connectivity index (χ3v) is 2.46. The van der Waals surface area contributed by atoms with E-state index in [1.165, 1.54) is 0 Å². The number of nitriles is 1. The van der Waals surface area contributed by atoms with Gasteiger partial charge in [0.15, 0.2) is 0 Å². The lowest BCUT2D eigenvalue weighted by molar-refractivity contribution is 0.225. The summed E-state index contributed by atoms with van der Waals surface area (Å²) in [5.74, 6) is 0. The van der Waals surface area contributed by atoms with Crippen LogP contribution < -0.4 is 0 Å². The minimum absolute atomic E-state index is 0.493. The minimum Gasteiger partial charge on any atom is -0.297 e. The van der Waals surface area contributed by atoms with E-state index in [9.17, 15) is 0 Å². The number of nitrogens with zero attached hydrogens (tertiary/aromatic N) is 3. The van der Waals surface area contributed by atoms with Crippen LogP contribution in [-0.2, 0) is 6.54 Å². The van der Waals surface area contributed by atoms with Gasteiger partial charge in [0.05, 0.1) is 0 Å². The largest absolute Gasteiger partial charge is 0.297 e. The quantitative estimate of drug-likeness (QED) is 0.753. The van der Waals surface area contributed by atoms with E-state index in [1.54, 1.807) is 6.20 Å². The summed E-state index contributed by atoms with van der Waals surface area (Å²) in [6, 6.07) is 6.40. The van der Waals surface area contributed by atoms with Crippen molar-refractivity contribution < 1.29 is 0 Å². The molecular formula is C12H17N3. The van der Waals surface area contributed by atoms with Crippen LogP contribution in [0.2, 0.25) is 0 Å². The highest BCUT2D eigenvalue weighted by molar-refractivity contribution is 5.25. The molecule has 15 heavy (non-hydrogen) atoms. The van der Waals surface area contributed by atoms with Gasteiger partial charge in [-0.05, 0) is 38.1 Å². The molecule has 3 nitrogen and oxygen atoms in total. The highest BCUT2D eigenvalue weighted by Crippen LogP contribution is 2.08. The van der Waals surface area contributed by atoms with E-state index in [0.29, 0.717) is 11.7 Å². The van der Waals surface area contributed by atoms with Crippen LogP contribution in [0.3, 0.4) is 0 Å². The average molecular weight is 203 g/mol. The van der Waals surface area contributed by atoms with E-state index >= 15 is 0 Å². The fourth-order valence-electron chi connectivity index (χ4n) is 1.53. The molecule has 1 aromatic heterocycles. The Kier molecular flexibility index (Phi) is 4.26. The van der Waals surface area contributed by atoms with Gasteiger partial charge in [-0.2, -0.15) is 5.26 Å². The smallest absolute Gasteiger partial charge is 0.140 e. The Labute approximate surface area is 91.4 Å². The summed E-state index contributed by atoms with van der Waals surface area (Å²) >= 11 is 0. The molecule has 0 saturated carbocycles. The summed E-state index contributed by atoms with van der Waals surface area (Å²) in [6.45, 7) is 8.39. The van der Waals surface area contributed by atoms with Gasteiger partial charge in [-0.1, -0.05) is 6.92 Å². The normalized spacial score (nSPS) is 10.7. The van der Waals surface area contributed by atoms with Gasteiger partial charge in [0.2, 0.25) is 0 Å². The van der Waals surface area contributed by atoms with E-state index in [-0.39, 0.29) is 0 Å². The molecule has 0 amide bonds. The molecule has 0 saturated heterocycles. The summed E-state index contributed by atoms with van der Waals surface area (Å²) in [7, 11) is 0. The highest BCUT2D eigenvalue weighted by atomic mass is 15.1. The number of hydrogen-bond donors (Lipinski definition) is 0. The lowest BCUT2D eigenvalue weighted by Gasteiger charge is -2.24. The van der Waals surface area contributed by atoms with Crippen molar-refractivity contribution in [2.45, 2.75) is 33.4 Å². The van der Waals surface area contributed by atoms with Crippen molar-refractivity contribution in [3.63, 3.8) is 0 Å². The first-order valence-electron chi connectivity index (χ1n) is 5.26. The number of aromatic nitrogens is 1. The standard InChI is InChI=1S/C12H17N3/c1-4-15(10(2)3)9-11-5-6-14-12(7-11)8-13/h5-7,10H,4,9H2,1-3H3. The zero-order valence-corrected chi connectivity index (χ0v) is 9.57. The molecule has 0 aliphatic rings. The molecule has 0 aliphatic heterocycles. The Hall–Kier alpha value is -1.40. The van der Waals surface area contributed by atoms with E-state index in [0.717, 1.165) is 18.7 Å². The van der Waals surface area contributed by atoms with Crippen LogP contribution in [0.4, 0.5) is 0 Å². The molecular weight excluding hydrogens is 186 g/mol. The van der Waals surface area contributed by atoms with Gasteiger partial charge in [-0.15, -0.1) is 0 Å². The molecule has 0 bridgehead atoms. The zero-order valence-electron chi connectivity index (χ0n) is 9.57. The van der Waals surface area contributed by atoms with E-state index < -0.39 is 0 Å². The van der Waals surface area contributed by atoms with Gasteiger partial charge in [0.1, 0.15) is 11.8 Å². The molecule has 0 N–H and O–H groups in total. The van der Waals surface area contributed by atoms with Crippen LogP contribution in [-0.4, -0.2) is 22.5 Å². The summed E-state index contributed by atoms with van der Waals surface area (Å²) in [5, 5.41) is 8.74. The Morgan fingerprint density at radius 1 is 1.53 bits per heavy atom. The molecule has 1 aromatic rings. The molecule has 0 spiro atoms. The lowest BCUT2D eigenvalue weighted by Crippen LogP contribution is -2.29. The number of hydrogen-bond acceptors (Lipinski definition) is 3. The first-order valence-corrected chi connectivity index (χ1v) is 5.26. The van der Waals surface area contributed by atoms with Crippen LogP contribution >= 0.6 is 0 Å². The van der Waals surface area contributed by atoms with Crippen LogP contribution in [0.5, 0.6) is 0 Å². The minimum atomic E-state index is 0.493.